The number of alkyl halides is 3. The second-order valence-electron chi connectivity index (χ2n) is 10.9. The van der Waals surface area contributed by atoms with Crippen LogP contribution in [0.5, 0.6) is 5.75 Å². The highest BCUT2D eigenvalue weighted by atomic mass is 35.5. The normalized spacial score (nSPS) is 11.6. The van der Waals surface area contributed by atoms with E-state index in [0.717, 1.165) is 6.07 Å². The van der Waals surface area contributed by atoms with E-state index in [1.165, 1.54) is 46.7 Å². The number of rotatable bonds is 7. The first-order valence-corrected chi connectivity index (χ1v) is 15.6. The Kier molecular flexibility index (Phi) is 8.40. The van der Waals surface area contributed by atoms with Crippen LogP contribution < -0.4 is 10.3 Å². The van der Waals surface area contributed by atoms with Gasteiger partial charge in [0, 0.05) is 45.2 Å². The molecule has 6 aromatic rings. The Morgan fingerprint density at radius 2 is 1.88 bits per heavy atom. The number of carbonyl (C=O) groups is 1. The van der Waals surface area contributed by atoms with Crippen molar-refractivity contribution in [2.24, 2.45) is 0 Å². The molecule has 0 spiro atoms. The molecule has 4 aromatic heterocycles. The van der Waals surface area contributed by atoms with Crippen molar-refractivity contribution in [3.8, 4) is 34.1 Å². The maximum atomic E-state index is 14.4. The van der Waals surface area contributed by atoms with Gasteiger partial charge in [-0.1, -0.05) is 11.6 Å². The summed E-state index contributed by atoms with van der Waals surface area (Å²) >= 11 is 7.58. The number of nitriles is 1. The van der Waals surface area contributed by atoms with Crippen molar-refractivity contribution in [3.63, 3.8) is 0 Å². The van der Waals surface area contributed by atoms with E-state index < -0.39 is 34.4 Å². The SMILES string of the molecule is Cc1cc(-c2cc(Cl)ccc2OCCn2c(C)nc3cc(C(F)(F)F)c(-c4ccncc4C)c(C#N)c3c2=O)c2scc(C(=O)O)c2n1. The van der Waals surface area contributed by atoms with Gasteiger partial charge in [0.05, 0.1) is 44.4 Å². The molecule has 0 saturated carbocycles. The van der Waals surface area contributed by atoms with Gasteiger partial charge in [-0.15, -0.1) is 11.3 Å². The minimum atomic E-state index is -4.84. The molecule has 9 nitrogen and oxygen atoms in total. The van der Waals surface area contributed by atoms with E-state index in [2.05, 4.69) is 15.0 Å². The van der Waals surface area contributed by atoms with Gasteiger partial charge in [0.1, 0.15) is 24.3 Å². The second kappa shape index (κ2) is 12.4. The molecule has 0 radical (unpaired) electrons. The van der Waals surface area contributed by atoms with Gasteiger partial charge >= 0.3 is 12.1 Å². The Hall–Kier alpha value is -5.32. The number of hydrogen-bond donors (Lipinski definition) is 1. The number of pyridine rings is 2. The van der Waals surface area contributed by atoms with E-state index in [9.17, 15) is 33.1 Å². The van der Waals surface area contributed by atoms with Crippen molar-refractivity contribution in [2.75, 3.05) is 6.61 Å². The fourth-order valence-electron chi connectivity index (χ4n) is 5.70. The minimum Gasteiger partial charge on any atom is -0.491 e. The van der Waals surface area contributed by atoms with E-state index >= 15 is 0 Å². The van der Waals surface area contributed by atoms with Crippen LogP contribution in [0.1, 0.15) is 38.6 Å². The number of ether oxygens (including phenoxy) is 1. The zero-order valence-corrected chi connectivity index (χ0v) is 27.0. The number of benzene rings is 2. The first-order chi connectivity index (χ1) is 22.8. The van der Waals surface area contributed by atoms with Crippen LogP contribution in [-0.4, -0.2) is 37.2 Å². The summed E-state index contributed by atoms with van der Waals surface area (Å²) in [6.45, 7) is 4.68. The van der Waals surface area contributed by atoms with Crippen LogP contribution in [0.2, 0.25) is 5.02 Å². The predicted molar refractivity (Wildman–Crippen MR) is 176 cm³/mol. The molecule has 48 heavy (non-hydrogen) atoms. The Bertz CT molecular complexity index is 2400. The summed E-state index contributed by atoms with van der Waals surface area (Å²) in [6, 6.07) is 10.8. The van der Waals surface area contributed by atoms with Gasteiger partial charge in [0.15, 0.2) is 0 Å². The summed E-state index contributed by atoms with van der Waals surface area (Å²) in [5.74, 6) is -0.586. The molecule has 2 aromatic carbocycles. The van der Waals surface area contributed by atoms with Gasteiger partial charge < -0.3 is 9.84 Å². The number of halogens is 4. The molecule has 0 bridgehead atoms. The Balaban J connectivity index is 1.42. The lowest BCUT2D eigenvalue weighted by Crippen LogP contribution is -2.27. The van der Waals surface area contributed by atoms with E-state index in [0.29, 0.717) is 43.4 Å². The van der Waals surface area contributed by atoms with Crippen molar-refractivity contribution in [1.29, 1.82) is 5.26 Å². The molecule has 0 saturated heterocycles. The smallest absolute Gasteiger partial charge is 0.417 e. The molecule has 0 unspecified atom stereocenters. The standard InChI is InChI=1S/C34H23ClF3N5O4S/c1-16-14-40-7-6-20(16)28-23(13-39)29-26(12-25(28)34(36,37)38)42-18(3)43(32(29)44)8-9-47-27-5-4-19(35)11-21(27)22-10-17(2)41-30-24(33(45)46)15-48-31(22)30/h4-7,10-12,14-15H,8-9H2,1-3H3,(H,45,46). The molecular formula is C34H23ClF3N5O4S. The van der Waals surface area contributed by atoms with Crippen LogP contribution in [0, 0.1) is 32.1 Å². The van der Waals surface area contributed by atoms with Gasteiger partial charge in [0.2, 0.25) is 0 Å². The maximum absolute atomic E-state index is 14.4. The number of aromatic nitrogens is 4. The molecule has 0 aliphatic heterocycles. The third-order valence-electron chi connectivity index (χ3n) is 7.83. The van der Waals surface area contributed by atoms with Gasteiger partial charge in [-0.3, -0.25) is 19.3 Å². The number of hydrogen-bond acceptors (Lipinski definition) is 8. The number of aromatic carboxylic acids is 1. The fraction of sp³-hybridized carbons (Fsp3) is 0.176. The predicted octanol–water partition coefficient (Wildman–Crippen LogP) is 7.98. The average molecular weight is 690 g/mol. The Labute approximate surface area is 279 Å². The average Bonchev–Trinajstić information content (AvgIpc) is 3.46. The molecule has 242 valence electrons. The van der Waals surface area contributed by atoms with E-state index in [4.69, 9.17) is 16.3 Å². The van der Waals surface area contributed by atoms with E-state index in [-0.39, 0.29) is 41.0 Å². The molecule has 4 heterocycles. The second-order valence-corrected chi connectivity index (χ2v) is 12.2. The lowest BCUT2D eigenvalue weighted by Gasteiger charge is -2.19. The molecule has 14 heteroatoms. The van der Waals surface area contributed by atoms with Crippen LogP contribution in [0.4, 0.5) is 13.2 Å². The summed E-state index contributed by atoms with van der Waals surface area (Å²) < 4.78 is 51.1. The highest BCUT2D eigenvalue weighted by molar-refractivity contribution is 7.18. The molecule has 0 fully saturated rings. The van der Waals surface area contributed by atoms with Crippen molar-refractivity contribution in [3.05, 3.63) is 103 Å². The van der Waals surface area contributed by atoms with Gasteiger partial charge in [-0.25, -0.2) is 9.78 Å². The van der Waals surface area contributed by atoms with Crippen molar-refractivity contribution < 1.29 is 27.8 Å². The lowest BCUT2D eigenvalue weighted by atomic mass is 9.90. The fourth-order valence-corrected chi connectivity index (χ4v) is 6.88. The number of carboxylic acid groups (broad SMARTS) is 1. The summed E-state index contributed by atoms with van der Waals surface area (Å²) in [7, 11) is 0. The quantitative estimate of drug-likeness (QED) is 0.179. The van der Waals surface area contributed by atoms with Crippen LogP contribution in [0.15, 0.2) is 59.0 Å². The summed E-state index contributed by atoms with van der Waals surface area (Å²) in [4.78, 5) is 38.4. The first kappa shape index (κ1) is 32.6. The highest BCUT2D eigenvalue weighted by Crippen LogP contribution is 2.43. The molecule has 1 N–H and O–H groups in total. The minimum absolute atomic E-state index is 0.0574. The maximum Gasteiger partial charge on any atom is 0.417 e. The summed E-state index contributed by atoms with van der Waals surface area (Å²) in [5.41, 5.74) is -0.121. The number of thiophene rings is 1. The largest absolute Gasteiger partial charge is 0.491 e. The zero-order valence-electron chi connectivity index (χ0n) is 25.4. The van der Waals surface area contributed by atoms with Crippen molar-refractivity contribution >= 4 is 50.0 Å². The summed E-state index contributed by atoms with van der Waals surface area (Å²) in [5, 5.41) is 21.5. The van der Waals surface area contributed by atoms with Crippen LogP contribution >= 0.6 is 22.9 Å². The number of carboxylic acids is 1. The van der Waals surface area contributed by atoms with E-state index in [1.807, 2.05) is 6.07 Å². The van der Waals surface area contributed by atoms with Crippen LogP contribution in [0.3, 0.4) is 0 Å². The van der Waals surface area contributed by atoms with Gasteiger partial charge in [-0.2, -0.15) is 18.4 Å². The highest BCUT2D eigenvalue weighted by Gasteiger charge is 2.37. The van der Waals surface area contributed by atoms with Crippen LogP contribution in [-0.2, 0) is 12.7 Å². The molecular weight excluding hydrogens is 667 g/mol. The number of nitrogens with zero attached hydrogens (tertiary/aromatic N) is 5. The topological polar surface area (TPSA) is 131 Å². The van der Waals surface area contributed by atoms with Crippen molar-refractivity contribution in [2.45, 2.75) is 33.5 Å². The first-order valence-electron chi connectivity index (χ1n) is 14.3. The number of fused-ring (bicyclic) bond motifs is 2. The Morgan fingerprint density at radius 1 is 1.10 bits per heavy atom. The summed E-state index contributed by atoms with van der Waals surface area (Å²) in [6.07, 6.45) is -2.13. The van der Waals surface area contributed by atoms with E-state index in [1.54, 1.807) is 38.1 Å². The molecule has 0 aliphatic rings. The number of aryl methyl sites for hydroxylation is 3. The lowest BCUT2D eigenvalue weighted by molar-refractivity contribution is -0.137. The monoisotopic (exact) mass is 689 g/mol. The Morgan fingerprint density at radius 3 is 2.56 bits per heavy atom. The van der Waals surface area contributed by atoms with Gasteiger partial charge in [-0.05, 0) is 68.3 Å². The third kappa shape index (κ3) is 5.74. The molecule has 0 atom stereocenters. The molecule has 0 amide bonds. The molecule has 6 rings (SSSR count). The van der Waals surface area contributed by atoms with Crippen molar-refractivity contribution in [1.82, 2.24) is 19.5 Å². The third-order valence-corrected chi connectivity index (χ3v) is 9.07. The zero-order chi connectivity index (χ0) is 34.5. The van der Waals surface area contributed by atoms with Gasteiger partial charge in [0.25, 0.3) is 5.56 Å². The van der Waals surface area contributed by atoms with Crippen LogP contribution in [0.25, 0.3) is 43.4 Å². The molecule has 0 aliphatic carbocycles.